The predicted molar refractivity (Wildman–Crippen MR) is 68.2 cm³/mol. The molecule has 0 fully saturated rings. The molecule has 1 N–H and O–H groups in total. The van der Waals surface area contributed by atoms with E-state index in [-0.39, 0.29) is 5.41 Å². The van der Waals surface area contributed by atoms with Crippen LogP contribution in [0, 0.1) is 0 Å². The molecule has 0 aliphatic rings. The molecular weight excluding hydrogens is 216 g/mol. The molecular formula is C13H20N2O2. The van der Waals surface area contributed by atoms with E-state index in [1.54, 1.807) is 6.07 Å². The van der Waals surface area contributed by atoms with Crippen molar-refractivity contribution in [2.24, 2.45) is 0 Å². The number of carbonyl (C=O) groups excluding carboxylic acids is 1. The Labute approximate surface area is 102 Å². The fourth-order valence-electron chi connectivity index (χ4n) is 1.26. The van der Waals surface area contributed by atoms with Crippen LogP contribution in [-0.2, 0) is 10.2 Å². The molecule has 94 valence electrons. The number of amides is 1. The summed E-state index contributed by atoms with van der Waals surface area (Å²) in [7, 11) is 0. The van der Waals surface area contributed by atoms with E-state index in [1.165, 1.54) is 0 Å². The molecule has 0 saturated carbocycles. The zero-order valence-corrected chi connectivity index (χ0v) is 10.9. The normalized spacial score (nSPS) is 11.1. The molecule has 4 heteroatoms. The first-order valence-electron chi connectivity index (χ1n) is 5.85. The van der Waals surface area contributed by atoms with Crippen molar-refractivity contribution in [2.45, 2.75) is 39.5 Å². The van der Waals surface area contributed by atoms with E-state index in [0.717, 1.165) is 12.1 Å². The summed E-state index contributed by atoms with van der Waals surface area (Å²) in [5.74, 6) is 0.526. The summed E-state index contributed by atoms with van der Waals surface area (Å²) >= 11 is 0. The van der Waals surface area contributed by atoms with E-state index in [2.05, 4.69) is 31.1 Å². The highest BCUT2D eigenvalue weighted by atomic mass is 16.5. The van der Waals surface area contributed by atoms with E-state index < -0.39 is 6.09 Å². The Kier molecular flexibility index (Phi) is 4.49. The minimum absolute atomic E-state index is 0.0367. The summed E-state index contributed by atoms with van der Waals surface area (Å²) in [5, 5.41) is 2.62. The molecule has 0 atom stereocenters. The first kappa shape index (κ1) is 13.5. The largest absolute Gasteiger partial charge is 0.449 e. The molecule has 0 aliphatic carbocycles. The molecule has 0 saturated heterocycles. The summed E-state index contributed by atoms with van der Waals surface area (Å²) in [6.07, 6.45) is 0.355. The lowest BCUT2D eigenvalue weighted by atomic mass is 9.92. The molecule has 4 nitrogen and oxygen atoms in total. The molecule has 0 bridgehead atoms. The number of anilines is 1. The number of nitrogens with zero attached hydrogens (tertiary/aromatic N) is 1. The number of nitrogens with one attached hydrogen (secondary N) is 1. The smallest absolute Gasteiger partial charge is 0.412 e. The summed E-state index contributed by atoms with van der Waals surface area (Å²) in [6.45, 7) is 8.61. The van der Waals surface area contributed by atoms with Gasteiger partial charge in [-0.3, -0.25) is 5.32 Å². The van der Waals surface area contributed by atoms with Gasteiger partial charge in [-0.25, -0.2) is 9.78 Å². The quantitative estimate of drug-likeness (QED) is 0.875. The maximum absolute atomic E-state index is 11.4. The average molecular weight is 236 g/mol. The highest BCUT2D eigenvalue weighted by molar-refractivity contribution is 5.83. The third-order valence-electron chi connectivity index (χ3n) is 2.18. The Bertz CT molecular complexity index is 383. The summed E-state index contributed by atoms with van der Waals surface area (Å²) in [4.78, 5) is 15.7. The van der Waals surface area contributed by atoms with Gasteiger partial charge in [-0.2, -0.15) is 0 Å². The van der Waals surface area contributed by atoms with E-state index >= 15 is 0 Å². The van der Waals surface area contributed by atoms with Gasteiger partial charge in [0.15, 0.2) is 0 Å². The van der Waals surface area contributed by atoms with Crippen molar-refractivity contribution in [1.29, 1.82) is 0 Å². The van der Waals surface area contributed by atoms with Gasteiger partial charge in [-0.1, -0.05) is 33.8 Å². The third kappa shape index (κ3) is 4.43. The lowest BCUT2D eigenvalue weighted by Crippen LogP contribution is -2.18. The number of hydrogen-bond acceptors (Lipinski definition) is 3. The van der Waals surface area contributed by atoms with Gasteiger partial charge in [0.1, 0.15) is 5.82 Å². The van der Waals surface area contributed by atoms with E-state index in [4.69, 9.17) is 4.74 Å². The number of ether oxygens (including phenoxy) is 1. The van der Waals surface area contributed by atoms with Crippen LogP contribution in [0.5, 0.6) is 0 Å². The average Bonchev–Trinajstić information content (AvgIpc) is 2.25. The second-order valence-corrected chi connectivity index (χ2v) is 4.92. The van der Waals surface area contributed by atoms with Crippen LogP contribution in [0.2, 0.25) is 0 Å². The first-order chi connectivity index (χ1) is 7.93. The van der Waals surface area contributed by atoms with Crippen LogP contribution < -0.4 is 5.32 Å². The van der Waals surface area contributed by atoms with E-state index in [9.17, 15) is 4.79 Å². The molecule has 17 heavy (non-hydrogen) atoms. The molecule has 0 unspecified atom stereocenters. The van der Waals surface area contributed by atoms with Crippen molar-refractivity contribution in [3.8, 4) is 0 Å². The zero-order chi connectivity index (χ0) is 12.9. The van der Waals surface area contributed by atoms with Crippen LogP contribution in [0.15, 0.2) is 18.2 Å². The van der Waals surface area contributed by atoms with Crippen molar-refractivity contribution in [3.05, 3.63) is 23.9 Å². The summed E-state index contributed by atoms with van der Waals surface area (Å²) < 4.78 is 4.93. The fraction of sp³-hybridized carbons (Fsp3) is 0.538. The Balaban J connectivity index is 2.69. The van der Waals surface area contributed by atoms with Crippen molar-refractivity contribution < 1.29 is 9.53 Å². The van der Waals surface area contributed by atoms with Gasteiger partial charge in [0, 0.05) is 11.1 Å². The van der Waals surface area contributed by atoms with Crippen molar-refractivity contribution in [3.63, 3.8) is 0 Å². The van der Waals surface area contributed by atoms with Gasteiger partial charge < -0.3 is 4.74 Å². The second kappa shape index (κ2) is 5.66. The monoisotopic (exact) mass is 236 g/mol. The predicted octanol–water partition coefficient (Wildman–Crippen LogP) is 3.34. The molecule has 1 heterocycles. The molecule has 0 radical (unpaired) electrons. The number of hydrogen-bond donors (Lipinski definition) is 1. The minimum Gasteiger partial charge on any atom is -0.449 e. The Hall–Kier alpha value is -1.58. The first-order valence-corrected chi connectivity index (χ1v) is 5.85. The second-order valence-electron chi connectivity index (χ2n) is 4.92. The van der Waals surface area contributed by atoms with Crippen molar-refractivity contribution >= 4 is 11.9 Å². The molecule has 1 amide bonds. The van der Waals surface area contributed by atoms with Gasteiger partial charge in [0.05, 0.1) is 6.61 Å². The number of aromatic nitrogens is 1. The standard InChI is InChI=1S/C13H20N2O2/c1-5-9-17-12(16)15-11-8-6-7-10(14-11)13(2,3)4/h6-8H,5,9H2,1-4H3,(H,14,15,16). The topological polar surface area (TPSA) is 51.2 Å². The molecule has 0 aromatic carbocycles. The van der Waals surface area contributed by atoms with Crippen molar-refractivity contribution in [2.75, 3.05) is 11.9 Å². The van der Waals surface area contributed by atoms with Crippen LogP contribution in [0.25, 0.3) is 0 Å². The molecule has 0 aliphatic heterocycles. The Morgan fingerprint density at radius 3 is 2.71 bits per heavy atom. The molecule has 0 spiro atoms. The van der Waals surface area contributed by atoms with Gasteiger partial charge in [-0.15, -0.1) is 0 Å². The van der Waals surface area contributed by atoms with Crippen LogP contribution in [0.3, 0.4) is 0 Å². The van der Waals surface area contributed by atoms with Crippen LogP contribution in [0.4, 0.5) is 10.6 Å². The molecule has 1 aromatic rings. The Morgan fingerprint density at radius 1 is 1.41 bits per heavy atom. The lowest BCUT2D eigenvalue weighted by molar-refractivity contribution is 0.161. The zero-order valence-electron chi connectivity index (χ0n) is 10.9. The number of carbonyl (C=O) groups is 1. The third-order valence-corrected chi connectivity index (χ3v) is 2.18. The van der Waals surface area contributed by atoms with Crippen LogP contribution >= 0.6 is 0 Å². The van der Waals surface area contributed by atoms with Crippen LogP contribution in [-0.4, -0.2) is 17.7 Å². The van der Waals surface area contributed by atoms with Gasteiger partial charge in [-0.05, 0) is 18.6 Å². The SMILES string of the molecule is CCCOC(=O)Nc1cccc(C(C)(C)C)n1. The highest BCUT2D eigenvalue weighted by Crippen LogP contribution is 2.21. The van der Waals surface area contributed by atoms with Gasteiger partial charge in [0.25, 0.3) is 0 Å². The fourth-order valence-corrected chi connectivity index (χ4v) is 1.26. The van der Waals surface area contributed by atoms with Gasteiger partial charge in [0.2, 0.25) is 0 Å². The van der Waals surface area contributed by atoms with Gasteiger partial charge >= 0.3 is 6.09 Å². The van der Waals surface area contributed by atoms with Crippen molar-refractivity contribution in [1.82, 2.24) is 4.98 Å². The van der Waals surface area contributed by atoms with Crippen LogP contribution in [0.1, 0.15) is 39.8 Å². The van der Waals surface area contributed by atoms with E-state index in [1.807, 2.05) is 19.1 Å². The minimum atomic E-state index is -0.453. The summed E-state index contributed by atoms with van der Waals surface area (Å²) in [5.41, 5.74) is 0.899. The maximum Gasteiger partial charge on any atom is 0.412 e. The Morgan fingerprint density at radius 2 is 2.12 bits per heavy atom. The summed E-state index contributed by atoms with van der Waals surface area (Å²) in [6, 6.07) is 5.58. The van der Waals surface area contributed by atoms with E-state index in [0.29, 0.717) is 12.4 Å². The maximum atomic E-state index is 11.4. The highest BCUT2D eigenvalue weighted by Gasteiger charge is 2.15. The lowest BCUT2D eigenvalue weighted by Gasteiger charge is -2.18. The molecule has 1 rings (SSSR count). The number of pyridine rings is 1. The molecule has 1 aromatic heterocycles. The number of rotatable bonds is 3.